The van der Waals surface area contributed by atoms with Crippen LogP contribution in [0.3, 0.4) is 0 Å². The average molecular weight is 193 g/mol. The first-order valence-electron chi connectivity index (χ1n) is 3.14. The molecule has 0 aliphatic heterocycles. The molecule has 2 nitrogen and oxygen atoms in total. The molecule has 0 aliphatic rings. The van der Waals surface area contributed by atoms with Gasteiger partial charge in [-0.05, 0) is 12.1 Å². The van der Waals surface area contributed by atoms with Crippen molar-refractivity contribution < 1.29 is 22.4 Å². The highest BCUT2D eigenvalue weighted by molar-refractivity contribution is 5.74. The molecule has 0 spiro atoms. The minimum Gasteiger partial charge on any atom is -0.296 e. The van der Waals surface area contributed by atoms with Crippen molar-refractivity contribution in [2.75, 3.05) is 0 Å². The topological polar surface area (TPSA) is 30.0 Å². The van der Waals surface area contributed by atoms with Gasteiger partial charge in [0.1, 0.15) is 5.69 Å². The Labute approximate surface area is 70.2 Å². The van der Waals surface area contributed by atoms with Crippen LogP contribution in [-0.4, -0.2) is 11.3 Å². The molecule has 0 atom stereocenters. The van der Waals surface area contributed by atoms with Gasteiger partial charge in [0.2, 0.25) is 5.95 Å². The maximum atomic E-state index is 12.3. The summed E-state index contributed by atoms with van der Waals surface area (Å²) in [7, 11) is 0. The van der Waals surface area contributed by atoms with Crippen molar-refractivity contribution >= 4 is 6.29 Å². The van der Waals surface area contributed by atoms with E-state index in [9.17, 15) is 22.4 Å². The smallest absolute Gasteiger partial charge is 0.296 e. The van der Waals surface area contributed by atoms with Gasteiger partial charge in [-0.15, -0.1) is 0 Å². The summed E-state index contributed by atoms with van der Waals surface area (Å²) in [4.78, 5) is 12.9. The Morgan fingerprint density at radius 2 is 1.92 bits per heavy atom. The van der Waals surface area contributed by atoms with Gasteiger partial charge in [0.05, 0.1) is 5.56 Å². The molecule has 13 heavy (non-hydrogen) atoms. The first-order chi connectivity index (χ1) is 5.95. The first kappa shape index (κ1) is 9.63. The largest absolute Gasteiger partial charge is 0.418 e. The standard InChI is InChI=1S/C7H3F4NO/c8-6-2-1-4(7(9,10)11)5(3-13)12-6/h1-3H. The summed E-state index contributed by atoms with van der Waals surface area (Å²) >= 11 is 0. The number of hydrogen-bond acceptors (Lipinski definition) is 2. The zero-order chi connectivity index (χ0) is 10.1. The Kier molecular flexibility index (Phi) is 2.31. The SMILES string of the molecule is O=Cc1nc(F)ccc1C(F)(F)F. The zero-order valence-corrected chi connectivity index (χ0v) is 6.10. The minimum atomic E-state index is -4.68. The van der Waals surface area contributed by atoms with Crippen LogP contribution in [0.5, 0.6) is 0 Å². The van der Waals surface area contributed by atoms with E-state index in [1.165, 1.54) is 0 Å². The molecule has 1 aromatic heterocycles. The molecule has 0 N–H and O–H groups in total. The normalized spacial score (nSPS) is 11.4. The maximum Gasteiger partial charge on any atom is 0.418 e. The second kappa shape index (κ2) is 3.12. The van der Waals surface area contributed by atoms with Gasteiger partial charge in [-0.3, -0.25) is 4.79 Å². The molecular formula is C7H3F4NO. The van der Waals surface area contributed by atoms with Crippen LogP contribution in [0.15, 0.2) is 12.1 Å². The number of aldehydes is 1. The number of hydrogen-bond donors (Lipinski definition) is 0. The van der Waals surface area contributed by atoms with Crippen molar-refractivity contribution in [3.63, 3.8) is 0 Å². The Hall–Kier alpha value is -1.46. The maximum absolute atomic E-state index is 12.3. The average Bonchev–Trinajstić information content (AvgIpc) is 2.01. The Morgan fingerprint density at radius 1 is 1.31 bits per heavy atom. The third-order valence-corrected chi connectivity index (χ3v) is 1.31. The van der Waals surface area contributed by atoms with E-state index < -0.39 is 23.4 Å². The van der Waals surface area contributed by atoms with Crippen LogP contribution in [0.25, 0.3) is 0 Å². The van der Waals surface area contributed by atoms with E-state index in [1.807, 2.05) is 0 Å². The molecule has 0 bridgehead atoms. The van der Waals surface area contributed by atoms with E-state index in [4.69, 9.17) is 0 Å². The fourth-order valence-corrected chi connectivity index (χ4v) is 0.780. The quantitative estimate of drug-likeness (QED) is 0.388. The van der Waals surface area contributed by atoms with Gasteiger partial charge in [-0.25, -0.2) is 4.98 Å². The molecule has 0 fully saturated rings. The van der Waals surface area contributed by atoms with Crippen LogP contribution in [0.2, 0.25) is 0 Å². The third-order valence-electron chi connectivity index (χ3n) is 1.31. The summed E-state index contributed by atoms with van der Waals surface area (Å²) in [6.45, 7) is 0. The van der Waals surface area contributed by atoms with Crippen molar-refractivity contribution in [3.05, 3.63) is 29.3 Å². The number of aromatic nitrogens is 1. The fourth-order valence-electron chi connectivity index (χ4n) is 0.780. The molecule has 6 heteroatoms. The predicted octanol–water partition coefficient (Wildman–Crippen LogP) is 2.05. The van der Waals surface area contributed by atoms with Crippen molar-refractivity contribution in [1.82, 2.24) is 4.98 Å². The van der Waals surface area contributed by atoms with Gasteiger partial charge in [0.25, 0.3) is 0 Å². The highest BCUT2D eigenvalue weighted by Crippen LogP contribution is 2.30. The summed E-state index contributed by atoms with van der Waals surface area (Å²) in [5.74, 6) is -1.12. The molecule has 1 heterocycles. The second-order valence-electron chi connectivity index (χ2n) is 2.18. The van der Waals surface area contributed by atoms with Gasteiger partial charge < -0.3 is 0 Å². The Morgan fingerprint density at radius 3 is 2.38 bits per heavy atom. The molecule has 70 valence electrons. The lowest BCUT2D eigenvalue weighted by Crippen LogP contribution is -2.10. The molecular weight excluding hydrogens is 190 g/mol. The fraction of sp³-hybridized carbons (Fsp3) is 0.143. The number of alkyl halides is 3. The lowest BCUT2D eigenvalue weighted by Gasteiger charge is -2.07. The van der Waals surface area contributed by atoms with Crippen LogP contribution >= 0.6 is 0 Å². The molecule has 0 radical (unpaired) electrons. The van der Waals surface area contributed by atoms with E-state index >= 15 is 0 Å². The van der Waals surface area contributed by atoms with Gasteiger partial charge in [0, 0.05) is 0 Å². The number of carbonyl (C=O) groups is 1. The number of carbonyl (C=O) groups excluding carboxylic acids is 1. The predicted molar refractivity (Wildman–Crippen MR) is 34.6 cm³/mol. The van der Waals surface area contributed by atoms with Gasteiger partial charge >= 0.3 is 6.18 Å². The van der Waals surface area contributed by atoms with Crippen LogP contribution in [0, 0.1) is 5.95 Å². The van der Waals surface area contributed by atoms with E-state index in [2.05, 4.69) is 4.98 Å². The van der Waals surface area contributed by atoms with E-state index in [0.717, 1.165) is 0 Å². The van der Waals surface area contributed by atoms with Crippen LogP contribution < -0.4 is 0 Å². The first-order valence-corrected chi connectivity index (χ1v) is 3.14. The second-order valence-corrected chi connectivity index (χ2v) is 2.18. The Balaban J connectivity index is 3.29. The summed E-state index contributed by atoms with van der Waals surface area (Å²) < 4.78 is 48.4. The van der Waals surface area contributed by atoms with Crippen molar-refractivity contribution in [2.45, 2.75) is 6.18 Å². The highest BCUT2D eigenvalue weighted by atomic mass is 19.4. The zero-order valence-electron chi connectivity index (χ0n) is 6.10. The number of halogens is 4. The van der Waals surface area contributed by atoms with E-state index in [-0.39, 0.29) is 6.29 Å². The highest BCUT2D eigenvalue weighted by Gasteiger charge is 2.34. The summed E-state index contributed by atoms with van der Waals surface area (Å²) in [6, 6.07) is 1.03. The van der Waals surface area contributed by atoms with Crippen LogP contribution in [0.1, 0.15) is 16.1 Å². The minimum absolute atomic E-state index is 0.133. The molecule has 0 unspecified atom stereocenters. The molecule has 1 rings (SSSR count). The van der Waals surface area contributed by atoms with Crippen LogP contribution in [0.4, 0.5) is 17.6 Å². The molecule has 0 aliphatic carbocycles. The van der Waals surface area contributed by atoms with Crippen molar-refractivity contribution in [3.8, 4) is 0 Å². The van der Waals surface area contributed by atoms with E-state index in [1.54, 1.807) is 0 Å². The molecule has 0 saturated carbocycles. The van der Waals surface area contributed by atoms with Crippen molar-refractivity contribution in [2.24, 2.45) is 0 Å². The molecule has 1 aromatic rings. The lowest BCUT2D eigenvalue weighted by molar-refractivity contribution is -0.138. The van der Waals surface area contributed by atoms with Crippen molar-refractivity contribution in [1.29, 1.82) is 0 Å². The third kappa shape index (κ3) is 2.01. The van der Waals surface area contributed by atoms with Crippen LogP contribution in [-0.2, 0) is 6.18 Å². The van der Waals surface area contributed by atoms with Gasteiger partial charge in [0.15, 0.2) is 6.29 Å². The number of nitrogens with zero attached hydrogens (tertiary/aromatic N) is 1. The summed E-state index contributed by atoms with van der Waals surface area (Å²) in [6.07, 6.45) is -4.82. The summed E-state index contributed by atoms with van der Waals surface area (Å²) in [5, 5.41) is 0. The molecule has 0 amide bonds. The monoisotopic (exact) mass is 193 g/mol. The lowest BCUT2D eigenvalue weighted by atomic mass is 10.2. The molecule has 0 saturated heterocycles. The number of rotatable bonds is 1. The summed E-state index contributed by atoms with van der Waals surface area (Å²) in [5.41, 5.74) is -2.17. The van der Waals surface area contributed by atoms with Gasteiger partial charge in [-0.1, -0.05) is 0 Å². The van der Waals surface area contributed by atoms with E-state index in [0.29, 0.717) is 12.1 Å². The number of pyridine rings is 1. The Bertz CT molecular complexity index is 334. The van der Waals surface area contributed by atoms with Gasteiger partial charge in [-0.2, -0.15) is 17.6 Å². The molecule has 0 aromatic carbocycles.